The minimum Gasteiger partial charge on any atom is -0.368 e. The zero-order valence-corrected chi connectivity index (χ0v) is 13.8. The predicted molar refractivity (Wildman–Crippen MR) is 83.0 cm³/mol. The van der Waals surface area contributed by atoms with Gasteiger partial charge in [0.05, 0.1) is 0 Å². The van der Waals surface area contributed by atoms with Crippen LogP contribution in [0.15, 0.2) is 16.1 Å². The number of hydrogen-bond donors (Lipinski definition) is 0. The molecule has 2 atom stereocenters. The largest absolute Gasteiger partial charge is 0.368 e. The highest BCUT2D eigenvalue weighted by atomic mass is 35.5. The van der Waals surface area contributed by atoms with E-state index in [2.05, 4.69) is 29.0 Å². The Kier molecular flexibility index (Phi) is 3.43. The van der Waals surface area contributed by atoms with Crippen molar-refractivity contribution in [2.24, 2.45) is 11.8 Å². The van der Waals surface area contributed by atoms with Crippen LogP contribution in [0.3, 0.4) is 0 Å². The van der Waals surface area contributed by atoms with Gasteiger partial charge in [0.15, 0.2) is 10.1 Å². The number of ether oxygens (including phenoxy) is 1. The number of hydrogen-bond acceptors (Lipinski definition) is 6. The second-order valence-electron chi connectivity index (χ2n) is 5.75. The molecule has 0 saturated carbocycles. The van der Waals surface area contributed by atoms with Gasteiger partial charge in [-0.3, -0.25) is 4.40 Å². The van der Waals surface area contributed by atoms with Crippen molar-refractivity contribution >= 4 is 27.9 Å². The van der Waals surface area contributed by atoms with Crippen LogP contribution in [0.5, 0.6) is 0 Å². The summed E-state index contributed by atoms with van der Waals surface area (Å²) in [6, 6.07) is 0. The molecule has 1 aliphatic heterocycles. The molecule has 0 amide bonds. The molecule has 4 heterocycles. The zero-order chi connectivity index (χ0) is 15.3. The molecule has 0 unspecified atom stereocenters. The summed E-state index contributed by atoms with van der Waals surface area (Å²) in [4.78, 5) is 9.62. The van der Waals surface area contributed by atoms with Crippen molar-refractivity contribution in [3.8, 4) is 11.5 Å². The van der Waals surface area contributed by atoms with E-state index in [4.69, 9.17) is 20.9 Å². The van der Waals surface area contributed by atoms with Crippen molar-refractivity contribution < 1.29 is 9.26 Å². The van der Waals surface area contributed by atoms with Crippen LogP contribution in [0.2, 0.25) is 5.15 Å². The Morgan fingerprint density at radius 3 is 3.09 bits per heavy atom. The summed E-state index contributed by atoms with van der Waals surface area (Å²) in [6.07, 6.45) is 2.78. The highest BCUT2D eigenvalue weighted by molar-refractivity contribution is 7.15. The van der Waals surface area contributed by atoms with Gasteiger partial charge in [-0.25, -0.2) is 4.98 Å². The van der Waals surface area contributed by atoms with Gasteiger partial charge in [0.2, 0.25) is 5.82 Å². The Labute approximate surface area is 136 Å². The first-order valence-corrected chi connectivity index (χ1v) is 8.47. The lowest BCUT2D eigenvalue weighted by Crippen LogP contribution is -2.13. The molecular formula is C14H15ClN4O2S. The van der Waals surface area contributed by atoms with Crippen LogP contribution in [0.25, 0.3) is 16.5 Å². The molecule has 1 saturated heterocycles. The number of aromatic nitrogens is 4. The molecule has 6 nitrogen and oxygen atoms in total. The maximum Gasteiger partial charge on any atom is 0.256 e. The number of fused-ring (bicyclic) bond motifs is 1. The quantitative estimate of drug-likeness (QED) is 0.726. The summed E-state index contributed by atoms with van der Waals surface area (Å²) in [5.74, 6) is 1.87. The number of nitrogens with zero attached hydrogens (tertiary/aromatic N) is 4. The lowest BCUT2D eigenvalue weighted by Gasteiger charge is -2.18. The Hall–Kier alpha value is -1.44. The normalized spacial score (nSPS) is 22.2. The van der Waals surface area contributed by atoms with Crippen molar-refractivity contribution in [3.05, 3.63) is 22.6 Å². The van der Waals surface area contributed by atoms with Gasteiger partial charge in [-0.1, -0.05) is 30.6 Å². The van der Waals surface area contributed by atoms with Crippen molar-refractivity contribution in [3.63, 3.8) is 0 Å². The maximum absolute atomic E-state index is 6.21. The summed E-state index contributed by atoms with van der Waals surface area (Å²) in [6.45, 7) is 5.10. The first-order chi connectivity index (χ1) is 10.6. The van der Waals surface area contributed by atoms with Gasteiger partial charge in [-0.15, -0.1) is 11.3 Å². The van der Waals surface area contributed by atoms with E-state index in [1.165, 1.54) is 11.3 Å². The van der Waals surface area contributed by atoms with Gasteiger partial charge in [-0.2, -0.15) is 4.98 Å². The van der Waals surface area contributed by atoms with Crippen LogP contribution >= 0.6 is 22.9 Å². The van der Waals surface area contributed by atoms with Crippen LogP contribution < -0.4 is 0 Å². The minimum atomic E-state index is -0.133. The monoisotopic (exact) mass is 338 g/mol. The fraction of sp³-hybridized carbons (Fsp3) is 0.500. The lowest BCUT2D eigenvalue weighted by atomic mass is 9.89. The van der Waals surface area contributed by atoms with E-state index in [1.807, 2.05) is 16.0 Å². The van der Waals surface area contributed by atoms with Gasteiger partial charge in [0.25, 0.3) is 5.89 Å². The van der Waals surface area contributed by atoms with E-state index in [0.29, 0.717) is 34.4 Å². The molecule has 3 aromatic heterocycles. The van der Waals surface area contributed by atoms with Crippen molar-refractivity contribution in [2.45, 2.75) is 26.4 Å². The molecule has 116 valence electrons. The fourth-order valence-electron chi connectivity index (χ4n) is 2.95. The van der Waals surface area contributed by atoms with Gasteiger partial charge < -0.3 is 9.26 Å². The van der Waals surface area contributed by atoms with Crippen molar-refractivity contribution in [2.75, 3.05) is 6.61 Å². The number of rotatable bonds is 3. The number of imidazole rings is 1. The molecule has 4 rings (SSSR count). The summed E-state index contributed by atoms with van der Waals surface area (Å²) in [7, 11) is 0. The van der Waals surface area contributed by atoms with E-state index in [1.54, 1.807) is 0 Å². The smallest absolute Gasteiger partial charge is 0.256 e. The van der Waals surface area contributed by atoms with Crippen molar-refractivity contribution in [1.29, 1.82) is 0 Å². The summed E-state index contributed by atoms with van der Waals surface area (Å²) in [5.41, 5.74) is 0.659. The summed E-state index contributed by atoms with van der Waals surface area (Å²) >= 11 is 7.72. The first kappa shape index (κ1) is 14.2. The minimum absolute atomic E-state index is 0.133. The zero-order valence-electron chi connectivity index (χ0n) is 12.2. The Bertz CT molecular complexity index is 809. The molecule has 3 aromatic rings. The molecule has 0 radical (unpaired) electrons. The molecule has 0 N–H and O–H groups in total. The second-order valence-corrected chi connectivity index (χ2v) is 6.98. The van der Waals surface area contributed by atoms with Crippen LogP contribution in [0.4, 0.5) is 0 Å². The van der Waals surface area contributed by atoms with Crippen LogP contribution in [0, 0.1) is 11.8 Å². The number of thiazole rings is 1. The molecular weight excluding hydrogens is 324 g/mol. The number of halogens is 1. The van der Waals surface area contributed by atoms with E-state index in [-0.39, 0.29) is 6.10 Å². The van der Waals surface area contributed by atoms with Crippen LogP contribution in [-0.4, -0.2) is 26.1 Å². The average Bonchev–Trinajstić information content (AvgIpc) is 3.20. The third-order valence-corrected chi connectivity index (χ3v) is 5.13. The third kappa shape index (κ3) is 2.15. The molecule has 8 heteroatoms. The molecule has 22 heavy (non-hydrogen) atoms. The highest BCUT2D eigenvalue weighted by Crippen LogP contribution is 2.39. The molecule has 1 fully saturated rings. The van der Waals surface area contributed by atoms with E-state index < -0.39 is 0 Å². The molecule has 0 spiro atoms. The topological polar surface area (TPSA) is 65.5 Å². The molecule has 0 aromatic carbocycles. The van der Waals surface area contributed by atoms with Gasteiger partial charge in [-0.05, 0) is 18.3 Å². The summed E-state index contributed by atoms with van der Waals surface area (Å²) in [5, 5.41) is 6.40. The summed E-state index contributed by atoms with van der Waals surface area (Å²) < 4.78 is 13.1. The van der Waals surface area contributed by atoms with E-state index in [0.717, 1.165) is 18.0 Å². The average molecular weight is 339 g/mol. The van der Waals surface area contributed by atoms with Gasteiger partial charge in [0, 0.05) is 18.2 Å². The van der Waals surface area contributed by atoms with E-state index in [9.17, 15) is 0 Å². The maximum atomic E-state index is 6.21. The predicted octanol–water partition coefficient (Wildman–Crippen LogP) is 3.83. The standard InChI is InChI=1S/C14H15ClN4O2S/c1-7(2)8-3-5-20-10(8)13-17-12(18-21-13)9-11(15)16-14-19(9)4-6-22-14/h4,6-8,10H,3,5H2,1-2H3/t8-,10-/m0/s1. The fourth-order valence-corrected chi connectivity index (χ4v) is 3.97. The van der Waals surface area contributed by atoms with Crippen LogP contribution in [0.1, 0.15) is 32.3 Å². The Balaban J connectivity index is 1.72. The molecule has 0 bridgehead atoms. The second kappa shape index (κ2) is 5.33. The third-order valence-electron chi connectivity index (χ3n) is 4.11. The van der Waals surface area contributed by atoms with E-state index >= 15 is 0 Å². The Morgan fingerprint density at radius 2 is 2.27 bits per heavy atom. The van der Waals surface area contributed by atoms with Gasteiger partial charge >= 0.3 is 0 Å². The van der Waals surface area contributed by atoms with Crippen LogP contribution in [-0.2, 0) is 4.74 Å². The first-order valence-electron chi connectivity index (χ1n) is 7.21. The molecule has 1 aliphatic rings. The molecule has 0 aliphatic carbocycles. The highest BCUT2D eigenvalue weighted by Gasteiger charge is 2.36. The lowest BCUT2D eigenvalue weighted by molar-refractivity contribution is 0.0520. The van der Waals surface area contributed by atoms with Crippen molar-refractivity contribution in [1.82, 2.24) is 19.5 Å². The Morgan fingerprint density at radius 1 is 1.41 bits per heavy atom. The van der Waals surface area contributed by atoms with Gasteiger partial charge in [0.1, 0.15) is 11.8 Å². The SMILES string of the molecule is CC(C)[C@@H]1CCO[C@@H]1c1nc(-c2c(Cl)nc3sccn23)no1.